The zero-order valence-corrected chi connectivity index (χ0v) is 10.8. The van der Waals surface area contributed by atoms with Crippen molar-refractivity contribution >= 4 is 15.9 Å². The van der Waals surface area contributed by atoms with Gasteiger partial charge in [-0.05, 0) is 31.2 Å². The lowest BCUT2D eigenvalue weighted by atomic mass is 10.1. The van der Waals surface area contributed by atoms with E-state index in [1.54, 1.807) is 12.3 Å². The zero-order valence-electron chi connectivity index (χ0n) is 9.24. The van der Waals surface area contributed by atoms with Crippen LogP contribution in [0.4, 0.5) is 0 Å². The number of alkyl halides is 1. The average molecular weight is 273 g/mol. The predicted octanol–water partition coefficient (Wildman–Crippen LogP) is 2.36. The van der Waals surface area contributed by atoms with Gasteiger partial charge < -0.3 is 0 Å². The maximum absolute atomic E-state index is 11.5. The van der Waals surface area contributed by atoms with Crippen LogP contribution in [0.25, 0.3) is 0 Å². The highest BCUT2D eigenvalue weighted by atomic mass is 79.9. The fourth-order valence-corrected chi connectivity index (χ4v) is 2.15. The van der Waals surface area contributed by atoms with Crippen LogP contribution in [0.5, 0.6) is 0 Å². The topological polar surface area (TPSA) is 34.9 Å². The smallest absolute Gasteiger partial charge is 0.266 e. The van der Waals surface area contributed by atoms with Crippen LogP contribution in [0, 0.1) is 12.8 Å². The molecule has 0 aliphatic heterocycles. The summed E-state index contributed by atoms with van der Waals surface area (Å²) < 4.78 is 1.54. The molecule has 0 N–H and O–H groups in total. The maximum Gasteiger partial charge on any atom is 0.266 e. The second-order valence-electron chi connectivity index (χ2n) is 3.97. The van der Waals surface area contributed by atoms with Gasteiger partial charge in [0.05, 0.1) is 6.20 Å². The van der Waals surface area contributed by atoms with Gasteiger partial charge in [-0.3, -0.25) is 4.79 Å². The van der Waals surface area contributed by atoms with Crippen LogP contribution in [-0.2, 0) is 6.54 Å². The van der Waals surface area contributed by atoms with Crippen molar-refractivity contribution in [3.05, 3.63) is 28.2 Å². The molecule has 3 nitrogen and oxygen atoms in total. The monoisotopic (exact) mass is 272 g/mol. The SMILES string of the molecule is Cc1cnn(CCC(C)CCBr)c(=O)c1. The van der Waals surface area contributed by atoms with Gasteiger partial charge in [-0.15, -0.1) is 0 Å². The third kappa shape index (κ3) is 4.16. The summed E-state index contributed by atoms with van der Waals surface area (Å²) in [7, 11) is 0. The number of hydrogen-bond donors (Lipinski definition) is 0. The van der Waals surface area contributed by atoms with Crippen molar-refractivity contribution in [3.8, 4) is 0 Å². The molecule has 84 valence electrons. The highest BCUT2D eigenvalue weighted by Crippen LogP contribution is 2.09. The summed E-state index contributed by atoms with van der Waals surface area (Å²) >= 11 is 3.42. The van der Waals surface area contributed by atoms with E-state index >= 15 is 0 Å². The molecular formula is C11H17BrN2O. The molecule has 1 rings (SSSR count). The Kier molecular flexibility index (Phi) is 5.02. The average Bonchev–Trinajstić information content (AvgIpc) is 2.17. The van der Waals surface area contributed by atoms with E-state index in [9.17, 15) is 4.79 Å². The Bertz CT molecular complexity index is 362. The molecule has 0 saturated carbocycles. The fraction of sp³-hybridized carbons (Fsp3) is 0.636. The lowest BCUT2D eigenvalue weighted by Crippen LogP contribution is -2.23. The standard InChI is InChI=1S/C11H17BrN2O/c1-9(3-5-12)4-6-14-11(15)7-10(2)8-13-14/h7-9H,3-6H2,1-2H3. The van der Waals surface area contributed by atoms with Crippen LogP contribution in [0.3, 0.4) is 0 Å². The van der Waals surface area contributed by atoms with E-state index < -0.39 is 0 Å². The maximum atomic E-state index is 11.5. The minimum Gasteiger partial charge on any atom is -0.268 e. The highest BCUT2D eigenvalue weighted by molar-refractivity contribution is 9.09. The normalized spacial score (nSPS) is 12.7. The summed E-state index contributed by atoms with van der Waals surface area (Å²) in [5.74, 6) is 0.624. The van der Waals surface area contributed by atoms with Crippen LogP contribution >= 0.6 is 15.9 Å². The molecule has 1 heterocycles. The molecule has 0 amide bonds. The number of hydrogen-bond acceptors (Lipinski definition) is 2. The summed E-state index contributed by atoms with van der Waals surface area (Å²) in [4.78, 5) is 11.5. The van der Waals surface area contributed by atoms with Crippen molar-refractivity contribution < 1.29 is 0 Å². The second-order valence-corrected chi connectivity index (χ2v) is 4.76. The molecule has 0 radical (unpaired) electrons. The molecule has 0 bridgehead atoms. The van der Waals surface area contributed by atoms with Crippen LogP contribution < -0.4 is 5.56 Å². The van der Waals surface area contributed by atoms with E-state index in [4.69, 9.17) is 0 Å². The van der Waals surface area contributed by atoms with Gasteiger partial charge in [0, 0.05) is 17.9 Å². The predicted molar refractivity (Wildman–Crippen MR) is 65.4 cm³/mol. The lowest BCUT2D eigenvalue weighted by Gasteiger charge is -2.09. The summed E-state index contributed by atoms with van der Waals surface area (Å²) in [5, 5.41) is 5.12. The van der Waals surface area contributed by atoms with Gasteiger partial charge >= 0.3 is 0 Å². The van der Waals surface area contributed by atoms with Crippen molar-refractivity contribution in [2.75, 3.05) is 5.33 Å². The summed E-state index contributed by atoms with van der Waals surface area (Å²) in [6.07, 6.45) is 3.87. The Morgan fingerprint density at radius 1 is 1.53 bits per heavy atom. The van der Waals surface area contributed by atoms with E-state index in [0.29, 0.717) is 12.5 Å². The van der Waals surface area contributed by atoms with Gasteiger partial charge in [-0.1, -0.05) is 22.9 Å². The van der Waals surface area contributed by atoms with Crippen LogP contribution in [0.2, 0.25) is 0 Å². The Hall–Kier alpha value is -0.640. The van der Waals surface area contributed by atoms with Crippen molar-refractivity contribution in [1.29, 1.82) is 0 Å². The van der Waals surface area contributed by atoms with Crippen LogP contribution in [-0.4, -0.2) is 15.1 Å². The molecule has 15 heavy (non-hydrogen) atoms. The van der Waals surface area contributed by atoms with E-state index in [-0.39, 0.29) is 5.56 Å². The molecule has 1 aromatic heterocycles. The molecular weight excluding hydrogens is 256 g/mol. The number of aromatic nitrogens is 2. The molecule has 1 atom stereocenters. The molecule has 0 aliphatic carbocycles. The molecule has 0 spiro atoms. The Morgan fingerprint density at radius 2 is 2.27 bits per heavy atom. The van der Waals surface area contributed by atoms with E-state index in [2.05, 4.69) is 28.0 Å². The van der Waals surface area contributed by atoms with E-state index in [1.807, 2.05) is 6.92 Å². The molecule has 0 saturated heterocycles. The van der Waals surface area contributed by atoms with Gasteiger partial charge in [0.2, 0.25) is 0 Å². The highest BCUT2D eigenvalue weighted by Gasteiger charge is 2.03. The van der Waals surface area contributed by atoms with Gasteiger partial charge in [-0.2, -0.15) is 5.10 Å². The number of halogens is 1. The Labute approximate surface area is 98.6 Å². The Morgan fingerprint density at radius 3 is 2.87 bits per heavy atom. The van der Waals surface area contributed by atoms with Crippen molar-refractivity contribution in [2.24, 2.45) is 5.92 Å². The first-order valence-electron chi connectivity index (χ1n) is 5.23. The first-order chi connectivity index (χ1) is 7.13. The van der Waals surface area contributed by atoms with Crippen molar-refractivity contribution in [1.82, 2.24) is 9.78 Å². The molecule has 0 aromatic carbocycles. The van der Waals surface area contributed by atoms with Crippen LogP contribution in [0.1, 0.15) is 25.3 Å². The minimum atomic E-state index is 0.000965. The zero-order chi connectivity index (χ0) is 11.3. The third-order valence-electron chi connectivity index (χ3n) is 2.44. The quantitative estimate of drug-likeness (QED) is 0.772. The van der Waals surface area contributed by atoms with Gasteiger partial charge in [0.15, 0.2) is 0 Å². The number of nitrogens with zero attached hydrogens (tertiary/aromatic N) is 2. The fourth-order valence-electron chi connectivity index (χ4n) is 1.37. The molecule has 0 aliphatic rings. The number of rotatable bonds is 5. The molecule has 4 heteroatoms. The van der Waals surface area contributed by atoms with Crippen LogP contribution in [0.15, 0.2) is 17.1 Å². The van der Waals surface area contributed by atoms with E-state index in [0.717, 1.165) is 23.7 Å². The van der Waals surface area contributed by atoms with E-state index in [1.165, 1.54) is 4.68 Å². The Balaban J connectivity index is 2.54. The molecule has 1 unspecified atom stereocenters. The summed E-state index contributed by atoms with van der Waals surface area (Å²) in [6, 6.07) is 1.63. The van der Waals surface area contributed by atoms with Gasteiger partial charge in [0.1, 0.15) is 0 Å². The summed E-state index contributed by atoms with van der Waals surface area (Å²) in [6.45, 7) is 4.79. The first kappa shape index (κ1) is 12.4. The third-order valence-corrected chi connectivity index (χ3v) is 2.90. The lowest BCUT2D eigenvalue weighted by molar-refractivity contribution is 0.440. The van der Waals surface area contributed by atoms with Gasteiger partial charge in [0.25, 0.3) is 5.56 Å². The molecule has 0 fully saturated rings. The number of aryl methyl sites for hydroxylation is 2. The largest absolute Gasteiger partial charge is 0.268 e. The first-order valence-corrected chi connectivity index (χ1v) is 6.35. The van der Waals surface area contributed by atoms with Crippen molar-refractivity contribution in [3.63, 3.8) is 0 Å². The van der Waals surface area contributed by atoms with Gasteiger partial charge in [-0.25, -0.2) is 4.68 Å². The molecule has 1 aromatic rings. The van der Waals surface area contributed by atoms with Crippen molar-refractivity contribution in [2.45, 2.75) is 33.2 Å². The minimum absolute atomic E-state index is 0.000965. The second kappa shape index (κ2) is 6.05. The summed E-state index contributed by atoms with van der Waals surface area (Å²) in [5.41, 5.74) is 0.922.